The number of carbonyl (C=O) groups is 1. The number of rotatable bonds is 0. The van der Waals surface area contributed by atoms with Crippen LogP contribution in [0.5, 0.6) is 0 Å². The molecule has 1 N–H and O–H groups in total. The molecule has 5 nitrogen and oxygen atoms in total. The predicted molar refractivity (Wildman–Crippen MR) is 58.4 cm³/mol. The van der Waals surface area contributed by atoms with Crippen molar-refractivity contribution in [2.75, 3.05) is 0 Å². The number of hydrogen-bond acceptors (Lipinski definition) is 5. The first kappa shape index (κ1) is 9.80. The number of carbonyl (C=O) groups excluding carboxylic acids is 1. The van der Waals surface area contributed by atoms with Gasteiger partial charge in [0.05, 0.1) is 4.86 Å². The Morgan fingerprint density at radius 1 is 1.56 bits per heavy atom. The maximum absolute atomic E-state index is 11.4. The first-order chi connectivity index (χ1) is 7.77. The van der Waals surface area contributed by atoms with Crippen LogP contribution in [-0.2, 0) is 16.1 Å². The van der Waals surface area contributed by atoms with Crippen LogP contribution >= 0.6 is 12.2 Å². The molecule has 1 aliphatic heterocycles. The van der Waals surface area contributed by atoms with Crippen molar-refractivity contribution in [2.45, 2.75) is 18.9 Å². The lowest BCUT2D eigenvalue weighted by Gasteiger charge is -2.35. The van der Waals surface area contributed by atoms with E-state index in [1.807, 2.05) is 0 Å². The number of nitrogens with one attached hydrogen (secondary N) is 1. The molecule has 16 heavy (non-hydrogen) atoms. The molecule has 1 fully saturated rings. The second-order valence-corrected chi connectivity index (χ2v) is 4.34. The summed E-state index contributed by atoms with van der Waals surface area (Å²) in [6.45, 7) is 0. The third-order valence-electron chi connectivity index (χ3n) is 3.03. The number of aromatic nitrogens is 2. The second kappa shape index (κ2) is 3.57. The van der Waals surface area contributed by atoms with Crippen molar-refractivity contribution in [3.63, 3.8) is 0 Å². The van der Waals surface area contributed by atoms with E-state index < -0.39 is 0 Å². The molecule has 2 unspecified atom stereocenters. The summed E-state index contributed by atoms with van der Waals surface area (Å²) in [6.07, 6.45) is 4.66. The van der Waals surface area contributed by atoms with Crippen molar-refractivity contribution in [1.29, 1.82) is 0 Å². The Balaban J connectivity index is 2.02. The van der Waals surface area contributed by atoms with Gasteiger partial charge in [-0.3, -0.25) is 9.63 Å². The van der Waals surface area contributed by atoms with Crippen LogP contribution in [0.15, 0.2) is 12.5 Å². The van der Waals surface area contributed by atoms with Gasteiger partial charge < -0.3 is 0 Å². The molecular formula is C10H9N3O2S. The van der Waals surface area contributed by atoms with Gasteiger partial charge in [-0.25, -0.2) is 15.4 Å². The van der Waals surface area contributed by atoms with Gasteiger partial charge in [-0.05, 0) is 12.8 Å². The lowest BCUT2D eigenvalue weighted by Crippen LogP contribution is -2.46. The Bertz CT molecular complexity index is 477. The highest BCUT2D eigenvalue weighted by Gasteiger charge is 2.40. The first-order valence-corrected chi connectivity index (χ1v) is 5.47. The molecule has 1 saturated heterocycles. The Kier molecular flexibility index (Phi) is 2.19. The van der Waals surface area contributed by atoms with Crippen LogP contribution in [0.3, 0.4) is 0 Å². The van der Waals surface area contributed by atoms with Gasteiger partial charge in [-0.15, -0.1) is 0 Å². The summed E-state index contributed by atoms with van der Waals surface area (Å²) >= 11 is 5.12. The minimum absolute atomic E-state index is 0.0257. The fraction of sp³-hybridized carbons (Fsp3) is 0.400. The van der Waals surface area contributed by atoms with Crippen molar-refractivity contribution in [3.8, 4) is 0 Å². The highest BCUT2D eigenvalue weighted by Crippen LogP contribution is 2.37. The molecule has 1 amide bonds. The predicted octanol–water partition coefficient (Wildman–Crippen LogP) is 0.511. The summed E-state index contributed by atoms with van der Waals surface area (Å²) in [4.78, 5) is 25.3. The highest BCUT2D eigenvalue weighted by molar-refractivity contribution is 7.82. The number of nitrogens with zero attached hydrogens (tertiary/aromatic N) is 2. The summed E-state index contributed by atoms with van der Waals surface area (Å²) < 4.78 is 0. The number of amides is 1. The van der Waals surface area contributed by atoms with E-state index in [0.29, 0.717) is 4.86 Å². The quantitative estimate of drug-likeness (QED) is 0.664. The largest absolute Gasteiger partial charge is 0.282 e. The normalized spacial score (nSPS) is 28.0. The van der Waals surface area contributed by atoms with Crippen molar-refractivity contribution in [1.82, 2.24) is 15.4 Å². The molecule has 0 radical (unpaired) electrons. The van der Waals surface area contributed by atoms with Crippen LogP contribution < -0.4 is 5.48 Å². The topological polar surface area (TPSA) is 64.1 Å². The SMILES string of the molecule is O=C1NOC2c3cncnc3CCC2C1=S. The summed E-state index contributed by atoms with van der Waals surface area (Å²) in [5, 5.41) is 0. The maximum atomic E-state index is 11.4. The Morgan fingerprint density at radius 3 is 3.31 bits per heavy atom. The molecule has 82 valence electrons. The molecule has 0 bridgehead atoms. The molecule has 3 rings (SSSR count). The number of hydrogen-bond donors (Lipinski definition) is 1. The van der Waals surface area contributed by atoms with E-state index in [4.69, 9.17) is 17.1 Å². The average Bonchev–Trinajstić information content (AvgIpc) is 2.33. The number of fused-ring (bicyclic) bond motifs is 3. The fourth-order valence-electron chi connectivity index (χ4n) is 2.22. The minimum atomic E-state index is -0.295. The zero-order chi connectivity index (χ0) is 11.1. The molecule has 0 spiro atoms. The molecule has 1 aromatic heterocycles. The third-order valence-corrected chi connectivity index (χ3v) is 3.52. The standard InChI is InChI=1S/C10H9N3O2S/c14-10-9(16)5-1-2-7-6(3-11-4-12-7)8(5)15-13-10/h3-5,8H,1-2H2,(H,13,14). The van der Waals surface area contributed by atoms with Crippen LogP contribution in [0.25, 0.3) is 0 Å². The maximum Gasteiger partial charge on any atom is 0.282 e. The van der Waals surface area contributed by atoms with Gasteiger partial charge in [-0.2, -0.15) is 0 Å². The van der Waals surface area contributed by atoms with Gasteiger partial charge in [-0.1, -0.05) is 12.2 Å². The molecule has 2 aliphatic rings. The number of thiocarbonyl (C=S) groups is 1. The van der Waals surface area contributed by atoms with Crippen LogP contribution in [0, 0.1) is 5.92 Å². The van der Waals surface area contributed by atoms with Gasteiger partial charge in [0.15, 0.2) is 0 Å². The van der Waals surface area contributed by atoms with Crippen LogP contribution in [0.4, 0.5) is 0 Å². The van der Waals surface area contributed by atoms with Crippen molar-refractivity contribution in [3.05, 3.63) is 23.8 Å². The smallest absolute Gasteiger partial charge is 0.266 e. The minimum Gasteiger partial charge on any atom is -0.266 e. The summed E-state index contributed by atoms with van der Waals surface area (Å²) in [5.74, 6) is -0.321. The van der Waals surface area contributed by atoms with Gasteiger partial charge in [0.2, 0.25) is 0 Å². The van der Waals surface area contributed by atoms with E-state index in [2.05, 4.69) is 15.4 Å². The molecule has 6 heteroatoms. The molecule has 0 saturated carbocycles. The third kappa shape index (κ3) is 1.34. The molecule has 2 heterocycles. The monoisotopic (exact) mass is 235 g/mol. The number of aryl methyl sites for hydroxylation is 1. The Morgan fingerprint density at radius 2 is 2.44 bits per heavy atom. The molecule has 0 aromatic carbocycles. The summed E-state index contributed by atoms with van der Waals surface area (Å²) in [5.41, 5.74) is 4.25. The number of hydroxylamine groups is 1. The average molecular weight is 235 g/mol. The summed E-state index contributed by atoms with van der Waals surface area (Å²) in [7, 11) is 0. The molecular weight excluding hydrogens is 226 g/mol. The second-order valence-electron chi connectivity index (χ2n) is 3.90. The van der Waals surface area contributed by atoms with Gasteiger partial charge in [0, 0.05) is 23.4 Å². The van der Waals surface area contributed by atoms with E-state index >= 15 is 0 Å². The van der Waals surface area contributed by atoms with Crippen LogP contribution in [0.2, 0.25) is 0 Å². The Hall–Kier alpha value is -1.40. The van der Waals surface area contributed by atoms with E-state index in [0.717, 1.165) is 24.1 Å². The van der Waals surface area contributed by atoms with E-state index in [-0.39, 0.29) is 17.9 Å². The lowest BCUT2D eigenvalue weighted by atomic mass is 9.81. The summed E-state index contributed by atoms with van der Waals surface area (Å²) in [6, 6.07) is 0. The first-order valence-electron chi connectivity index (χ1n) is 5.06. The Labute approximate surface area is 97.2 Å². The van der Waals surface area contributed by atoms with Gasteiger partial charge >= 0.3 is 0 Å². The lowest BCUT2D eigenvalue weighted by molar-refractivity contribution is -0.140. The van der Waals surface area contributed by atoms with Crippen LogP contribution in [0.1, 0.15) is 23.8 Å². The highest BCUT2D eigenvalue weighted by atomic mass is 32.1. The molecule has 1 aromatic rings. The van der Waals surface area contributed by atoms with Crippen molar-refractivity contribution >= 4 is 23.0 Å². The van der Waals surface area contributed by atoms with Gasteiger partial charge in [0.1, 0.15) is 12.4 Å². The van der Waals surface area contributed by atoms with E-state index in [1.165, 1.54) is 6.33 Å². The fourth-order valence-corrected chi connectivity index (χ4v) is 2.51. The van der Waals surface area contributed by atoms with Crippen molar-refractivity contribution < 1.29 is 9.63 Å². The zero-order valence-corrected chi connectivity index (χ0v) is 9.16. The molecule has 1 aliphatic carbocycles. The zero-order valence-electron chi connectivity index (χ0n) is 8.34. The van der Waals surface area contributed by atoms with Crippen LogP contribution in [-0.4, -0.2) is 20.7 Å². The van der Waals surface area contributed by atoms with E-state index in [9.17, 15) is 4.79 Å². The van der Waals surface area contributed by atoms with E-state index in [1.54, 1.807) is 6.20 Å². The molecule has 2 atom stereocenters. The van der Waals surface area contributed by atoms with Gasteiger partial charge in [0.25, 0.3) is 5.91 Å². The van der Waals surface area contributed by atoms with Crippen molar-refractivity contribution in [2.24, 2.45) is 5.92 Å².